The average molecular weight is 448 g/mol. The third-order valence-corrected chi connectivity index (χ3v) is 7.85. The Labute approximate surface area is 176 Å². The quantitative estimate of drug-likeness (QED) is 0.601. The minimum absolute atomic E-state index is 0.122. The summed E-state index contributed by atoms with van der Waals surface area (Å²) in [6, 6.07) is 11.5. The molecule has 7 nitrogen and oxygen atoms in total. The van der Waals surface area contributed by atoms with Crippen LogP contribution in [0.5, 0.6) is 0 Å². The van der Waals surface area contributed by atoms with Gasteiger partial charge in [0.05, 0.1) is 9.77 Å². The number of nitrogens with zero attached hydrogens (tertiary/aromatic N) is 1. The van der Waals surface area contributed by atoms with E-state index in [0.717, 1.165) is 24.2 Å². The van der Waals surface area contributed by atoms with Crippen LogP contribution in [0.15, 0.2) is 53.4 Å². The zero-order chi connectivity index (χ0) is 21.3. The van der Waals surface area contributed by atoms with Crippen molar-refractivity contribution in [3.63, 3.8) is 0 Å². The van der Waals surface area contributed by atoms with E-state index in [-0.39, 0.29) is 15.3 Å². The number of sulfonamides is 1. The number of hydrogen-bond acceptors (Lipinski definition) is 5. The maximum Gasteiger partial charge on any atom is 0.279 e. The van der Waals surface area contributed by atoms with Crippen molar-refractivity contribution in [2.45, 2.75) is 17.7 Å². The maximum atomic E-state index is 13.8. The number of rotatable bonds is 4. The van der Waals surface area contributed by atoms with Gasteiger partial charge in [-0.05, 0) is 55.3 Å². The Hall–Kier alpha value is -2.82. The lowest BCUT2D eigenvalue weighted by Gasteiger charge is -2.15. The fourth-order valence-electron chi connectivity index (χ4n) is 3.24. The van der Waals surface area contributed by atoms with Crippen LogP contribution >= 0.6 is 11.3 Å². The summed E-state index contributed by atoms with van der Waals surface area (Å²) in [4.78, 5) is 24.9. The second kappa shape index (κ2) is 8.13. The molecule has 1 aliphatic heterocycles. The predicted octanol–water partition coefficient (Wildman–Crippen LogP) is 2.90. The fourth-order valence-corrected chi connectivity index (χ4v) is 5.73. The third kappa shape index (κ3) is 3.93. The lowest BCUT2D eigenvalue weighted by atomic mass is 10.2. The standard InChI is InChI=1S/C20H18FN3O4S2/c21-16-4-3-5-17-15(16)12-18(29-17)20(26)23-22-19(25)13-6-8-14(9-7-13)30(27,28)24-10-1-2-11-24/h3-9,12H,1-2,10-11H2,(H,22,25)(H,23,26). The highest BCUT2D eigenvalue weighted by Gasteiger charge is 2.27. The van der Waals surface area contributed by atoms with Crippen LogP contribution < -0.4 is 10.9 Å². The van der Waals surface area contributed by atoms with Gasteiger partial charge in [0.15, 0.2) is 0 Å². The summed E-state index contributed by atoms with van der Waals surface area (Å²) >= 11 is 1.11. The summed E-state index contributed by atoms with van der Waals surface area (Å²) in [6.07, 6.45) is 1.68. The Bertz CT molecular complexity index is 1220. The van der Waals surface area contributed by atoms with Crippen LogP contribution in [0.2, 0.25) is 0 Å². The summed E-state index contributed by atoms with van der Waals surface area (Å²) in [5, 5.41) is 0.341. The van der Waals surface area contributed by atoms with Gasteiger partial charge in [-0.25, -0.2) is 12.8 Å². The second-order valence-corrected chi connectivity index (χ2v) is 9.83. The number of carbonyl (C=O) groups is 2. The largest absolute Gasteiger partial charge is 0.279 e. The van der Waals surface area contributed by atoms with Crippen LogP contribution in [-0.2, 0) is 10.0 Å². The first-order valence-corrected chi connectivity index (χ1v) is 11.5. The normalized spacial score (nSPS) is 14.7. The summed E-state index contributed by atoms with van der Waals surface area (Å²) < 4.78 is 40.9. The van der Waals surface area contributed by atoms with E-state index >= 15 is 0 Å². The van der Waals surface area contributed by atoms with Crippen LogP contribution in [0.4, 0.5) is 4.39 Å². The fraction of sp³-hybridized carbons (Fsp3) is 0.200. The minimum Gasteiger partial charge on any atom is -0.267 e. The highest BCUT2D eigenvalue weighted by atomic mass is 32.2. The monoisotopic (exact) mass is 447 g/mol. The molecule has 0 spiro atoms. The van der Waals surface area contributed by atoms with Gasteiger partial charge in [-0.2, -0.15) is 4.31 Å². The van der Waals surface area contributed by atoms with Crippen LogP contribution in [0.25, 0.3) is 10.1 Å². The van der Waals surface area contributed by atoms with Gasteiger partial charge in [0.25, 0.3) is 11.8 Å². The van der Waals surface area contributed by atoms with Gasteiger partial charge in [-0.1, -0.05) is 6.07 Å². The minimum atomic E-state index is -3.56. The molecule has 0 unspecified atom stereocenters. The summed E-state index contributed by atoms with van der Waals surface area (Å²) in [5.74, 6) is -1.59. The lowest BCUT2D eigenvalue weighted by Crippen LogP contribution is -2.41. The highest BCUT2D eigenvalue weighted by Crippen LogP contribution is 2.27. The first-order chi connectivity index (χ1) is 14.4. The summed E-state index contributed by atoms with van der Waals surface area (Å²) in [7, 11) is -3.56. The van der Waals surface area contributed by atoms with Crippen molar-refractivity contribution in [1.29, 1.82) is 0 Å². The van der Waals surface area contributed by atoms with Crippen LogP contribution in [0, 0.1) is 5.82 Å². The van der Waals surface area contributed by atoms with E-state index in [0.29, 0.717) is 23.2 Å². The molecule has 156 valence electrons. The van der Waals surface area contributed by atoms with Crippen LogP contribution in [0.1, 0.15) is 32.9 Å². The molecule has 1 aromatic heterocycles. The molecule has 0 aliphatic carbocycles. The molecular weight excluding hydrogens is 429 g/mol. The predicted molar refractivity (Wildman–Crippen MR) is 111 cm³/mol. The SMILES string of the molecule is O=C(NNC(=O)c1cc2c(F)cccc2s1)c1ccc(S(=O)(=O)N2CCCC2)cc1. The van der Waals surface area contributed by atoms with Gasteiger partial charge < -0.3 is 0 Å². The molecule has 2 aromatic carbocycles. The number of benzene rings is 2. The first-order valence-electron chi connectivity index (χ1n) is 9.25. The van der Waals surface area contributed by atoms with E-state index in [2.05, 4.69) is 10.9 Å². The molecule has 2 heterocycles. The topological polar surface area (TPSA) is 95.6 Å². The molecule has 1 saturated heterocycles. The van der Waals surface area contributed by atoms with E-state index in [4.69, 9.17) is 0 Å². The molecule has 0 atom stereocenters. The van der Waals surface area contributed by atoms with Crippen molar-refractivity contribution in [2.24, 2.45) is 0 Å². The molecule has 1 fully saturated rings. The second-order valence-electron chi connectivity index (χ2n) is 6.81. The molecule has 1 aliphatic rings. The zero-order valence-corrected chi connectivity index (χ0v) is 17.4. The molecule has 10 heteroatoms. The molecular formula is C20H18FN3O4S2. The molecule has 2 amide bonds. The van der Waals surface area contributed by atoms with Crippen molar-refractivity contribution in [1.82, 2.24) is 15.2 Å². The zero-order valence-electron chi connectivity index (χ0n) is 15.7. The number of hydrogen-bond donors (Lipinski definition) is 2. The van der Waals surface area contributed by atoms with Gasteiger partial charge in [0, 0.05) is 28.7 Å². The van der Waals surface area contributed by atoms with E-state index in [1.54, 1.807) is 12.1 Å². The molecule has 2 N–H and O–H groups in total. The molecule has 0 bridgehead atoms. The smallest absolute Gasteiger partial charge is 0.267 e. The van der Waals surface area contributed by atoms with Crippen molar-refractivity contribution >= 4 is 43.3 Å². The third-order valence-electron chi connectivity index (χ3n) is 4.84. The number of hydrazine groups is 1. The van der Waals surface area contributed by atoms with E-state index in [9.17, 15) is 22.4 Å². The Morgan fingerprint density at radius 2 is 1.63 bits per heavy atom. The average Bonchev–Trinajstić information content (AvgIpc) is 3.43. The van der Waals surface area contributed by atoms with E-state index in [1.807, 2.05) is 0 Å². The van der Waals surface area contributed by atoms with Crippen molar-refractivity contribution in [3.8, 4) is 0 Å². The summed E-state index contributed by atoms with van der Waals surface area (Å²) in [6.45, 7) is 0.996. The summed E-state index contributed by atoms with van der Waals surface area (Å²) in [5.41, 5.74) is 4.77. The van der Waals surface area contributed by atoms with Crippen LogP contribution in [-0.4, -0.2) is 37.6 Å². The molecule has 30 heavy (non-hydrogen) atoms. The Morgan fingerprint density at radius 3 is 2.30 bits per heavy atom. The molecule has 0 saturated carbocycles. The van der Waals surface area contributed by atoms with Crippen molar-refractivity contribution in [3.05, 3.63) is 64.8 Å². The van der Waals surface area contributed by atoms with E-state index < -0.39 is 27.7 Å². The number of thiophene rings is 1. The number of carbonyl (C=O) groups excluding carboxylic acids is 2. The van der Waals surface area contributed by atoms with Crippen molar-refractivity contribution < 1.29 is 22.4 Å². The van der Waals surface area contributed by atoms with Gasteiger partial charge >= 0.3 is 0 Å². The van der Waals surface area contributed by atoms with Crippen LogP contribution in [0.3, 0.4) is 0 Å². The van der Waals surface area contributed by atoms with Gasteiger partial charge in [-0.3, -0.25) is 20.4 Å². The lowest BCUT2D eigenvalue weighted by molar-refractivity contribution is 0.0849. The molecule has 3 aromatic rings. The Balaban J connectivity index is 1.41. The maximum absolute atomic E-state index is 13.8. The number of amides is 2. The van der Waals surface area contributed by atoms with E-state index in [1.165, 1.54) is 40.7 Å². The highest BCUT2D eigenvalue weighted by molar-refractivity contribution is 7.89. The number of halogens is 1. The van der Waals surface area contributed by atoms with Gasteiger partial charge in [-0.15, -0.1) is 11.3 Å². The first kappa shape index (κ1) is 20.5. The number of nitrogens with one attached hydrogen (secondary N) is 2. The Morgan fingerprint density at radius 1 is 0.967 bits per heavy atom. The molecule has 4 rings (SSSR count). The van der Waals surface area contributed by atoms with Gasteiger partial charge in [0.1, 0.15) is 5.82 Å². The van der Waals surface area contributed by atoms with Crippen molar-refractivity contribution in [2.75, 3.05) is 13.1 Å². The Kier molecular flexibility index (Phi) is 5.54. The van der Waals surface area contributed by atoms with Gasteiger partial charge in [0.2, 0.25) is 10.0 Å². The number of fused-ring (bicyclic) bond motifs is 1. The molecule has 0 radical (unpaired) electrons.